The Hall–Kier alpha value is -3.04. The number of hydrogen-bond acceptors (Lipinski definition) is 6. The monoisotopic (exact) mass is 485 g/mol. The van der Waals surface area contributed by atoms with Crippen LogP contribution in [-0.4, -0.2) is 88.4 Å². The molecule has 11 heteroatoms. The third-order valence-electron chi connectivity index (χ3n) is 7.81. The van der Waals surface area contributed by atoms with Gasteiger partial charge >= 0.3 is 0 Å². The maximum Gasteiger partial charge on any atom is 0.255 e. The predicted octanol–water partition coefficient (Wildman–Crippen LogP) is -0.818. The van der Waals surface area contributed by atoms with Crippen molar-refractivity contribution in [2.24, 2.45) is 0 Å². The van der Waals surface area contributed by atoms with Crippen molar-refractivity contribution < 1.29 is 23.9 Å². The highest BCUT2D eigenvalue weighted by Crippen LogP contribution is 2.39. The summed E-state index contributed by atoms with van der Waals surface area (Å²) in [5.41, 5.74) is 3.65. The van der Waals surface area contributed by atoms with E-state index in [9.17, 15) is 14.4 Å². The van der Waals surface area contributed by atoms with E-state index in [1.54, 1.807) is 11.0 Å². The van der Waals surface area contributed by atoms with E-state index in [1.165, 1.54) is 13.5 Å². The highest BCUT2D eigenvalue weighted by molar-refractivity contribution is 6.40. The minimum absolute atomic E-state index is 0.192. The Kier molecular flexibility index (Phi) is 6.95. The number of fused-ring (bicyclic) bond motifs is 1. The van der Waals surface area contributed by atoms with E-state index in [1.807, 2.05) is 27.8 Å². The molecule has 0 radical (unpaired) electrons. The van der Waals surface area contributed by atoms with Gasteiger partial charge in [0.05, 0.1) is 19.8 Å². The molecule has 0 bridgehead atoms. The minimum atomic E-state index is -0.672. The molecule has 3 aliphatic heterocycles. The van der Waals surface area contributed by atoms with Gasteiger partial charge in [-0.05, 0) is 29.1 Å². The summed E-state index contributed by atoms with van der Waals surface area (Å²) in [5, 5.41) is 0. The largest absolute Gasteiger partial charge is 0.489 e. The molecule has 2 saturated heterocycles. The molecular formula is C25H30B3N3O5. The Morgan fingerprint density at radius 2 is 1.64 bits per heavy atom. The topological polar surface area (TPSA) is 79.4 Å². The highest BCUT2D eigenvalue weighted by atomic mass is 16.5. The molecule has 8 nitrogen and oxygen atoms in total. The van der Waals surface area contributed by atoms with Gasteiger partial charge in [0.15, 0.2) is 0 Å². The molecule has 2 aromatic carbocycles. The molecule has 3 aliphatic rings. The summed E-state index contributed by atoms with van der Waals surface area (Å²) in [4.78, 5) is 43.8. The zero-order valence-corrected chi connectivity index (χ0v) is 21.1. The first kappa shape index (κ1) is 24.7. The van der Waals surface area contributed by atoms with Gasteiger partial charge in [-0.3, -0.25) is 19.3 Å². The van der Waals surface area contributed by atoms with Gasteiger partial charge in [0, 0.05) is 36.6 Å². The fourth-order valence-corrected chi connectivity index (χ4v) is 5.36. The van der Waals surface area contributed by atoms with Gasteiger partial charge in [-0.1, -0.05) is 30.3 Å². The fraction of sp³-hybridized carbons (Fsp3) is 0.400. The standard InChI is InChI=1S/C25H30B3N3O5/c26-20-21(27)24(33)31(28)25(34)22(20)30-13-18-17(23(30)32)2-1-3-19(18)36-14-16-6-4-15(5-7-16)12-29-8-10-35-11-9-29/h1-7,20-22H,8-14,26-28H2. The molecule has 3 unspecified atom stereocenters. The number of carbonyl (C=O) groups excluding carboxylic acids is 3. The summed E-state index contributed by atoms with van der Waals surface area (Å²) in [5.74, 6) is -0.674. The molecule has 0 N–H and O–H groups in total. The molecule has 2 aromatic rings. The maximum absolute atomic E-state index is 13.3. The average Bonchev–Trinajstić information content (AvgIpc) is 3.23. The third-order valence-corrected chi connectivity index (χ3v) is 7.81. The van der Waals surface area contributed by atoms with Crippen molar-refractivity contribution in [3.8, 4) is 5.75 Å². The number of morpholine rings is 1. The van der Waals surface area contributed by atoms with Crippen molar-refractivity contribution in [1.82, 2.24) is 14.6 Å². The van der Waals surface area contributed by atoms with E-state index < -0.39 is 6.04 Å². The minimum Gasteiger partial charge on any atom is -0.489 e. The molecule has 36 heavy (non-hydrogen) atoms. The van der Waals surface area contributed by atoms with Crippen LogP contribution in [0.25, 0.3) is 0 Å². The molecular weight excluding hydrogens is 455 g/mol. The van der Waals surface area contributed by atoms with Gasteiger partial charge in [0.25, 0.3) is 5.91 Å². The van der Waals surface area contributed by atoms with Crippen molar-refractivity contribution in [3.05, 3.63) is 64.7 Å². The van der Waals surface area contributed by atoms with Gasteiger partial charge in [0.1, 0.15) is 34.1 Å². The van der Waals surface area contributed by atoms with E-state index in [-0.39, 0.29) is 29.4 Å². The van der Waals surface area contributed by atoms with Crippen molar-refractivity contribution in [2.75, 3.05) is 26.3 Å². The summed E-state index contributed by atoms with van der Waals surface area (Å²) in [6, 6.07) is 13.2. The number of amides is 3. The second-order valence-corrected chi connectivity index (χ2v) is 10.0. The average molecular weight is 485 g/mol. The zero-order chi connectivity index (χ0) is 25.4. The van der Waals surface area contributed by atoms with Crippen LogP contribution >= 0.6 is 0 Å². The molecule has 3 heterocycles. The molecule has 3 atom stereocenters. The zero-order valence-electron chi connectivity index (χ0n) is 21.1. The smallest absolute Gasteiger partial charge is 0.255 e. The Morgan fingerprint density at radius 3 is 2.36 bits per heavy atom. The predicted molar refractivity (Wildman–Crippen MR) is 142 cm³/mol. The lowest BCUT2D eigenvalue weighted by molar-refractivity contribution is -0.145. The van der Waals surface area contributed by atoms with E-state index in [0.717, 1.165) is 48.8 Å². The van der Waals surface area contributed by atoms with E-state index >= 15 is 0 Å². The first-order chi connectivity index (χ1) is 17.3. The second kappa shape index (κ2) is 10.1. The van der Waals surface area contributed by atoms with Crippen molar-refractivity contribution >= 4 is 41.4 Å². The molecule has 0 spiro atoms. The highest BCUT2D eigenvalue weighted by Gasteiger charge is 2.48. The Labute approximate surface area is 214 Å². The number of ether oxygens (including phenoxy) is 2. The van der Waals surface area contributed by atoms with Crippen LogP contribution < -0.4 is 4.74 Å². The SMILES string of the molecule is BC1C(=O)N(B)C(=O)C(N2Cc3c(OCc4ccc(CN5CCOCC5)cc4)cccc3C2=O)C1B. The van der Waals surface area contributed by atoms with Crippen molar-refractivity contribution in [3.63, 3.8) is 0 Å². The Balaban J connectivity index is 1.27. The molecule has 0 aromatic heterocycles. The third kappa shape index (κ3) is 4.57. The summed E-state index contributed by atoms with van der Waals surface area (Å²) < 4.78 is 11.6. The number of piperidine rings is 1. The molecule has 0 saturated carbocycles. The number of benzene rings is 2. The van der Waals surface area contributed by atoms with Crippen LogP contribution in [0.2, 0.25) is 11.6 Å². The number of imide groups is 1. The number of nitrogens with zero attached hydrogens (tertiary/aromatic N) is 3. The normalized spacial score (nSPS) is 24.8. The lowest BCUT2D eigenvalue weighted by Gasteiger charge is -2.42. The van der Waals surface area contributed by atoms with Gasteiger partial charge in [-0.15, -0.1) is 0 Å². The molecule has 0 aliphatic carbocycles. The maximum atomic E-state index is 13.3. The second-order valence-electron chi connectivity index (χ2n) is 10.0. The number of rotatable bonds is 6. The van der Waals surface area contributed by atoms with Crippen LogP contribution in [-0.2, 0) is 34.0 Å². The Bertz CT molecular complexity index is 1170. The first-order valence-corrected chi connectivity index (χ1v) is 12.6. The van der Waals surface area contributed by atoms with Gasteiger partial charge < -0.3 is 19.2 Å². The molecule has 5 rings (SSSR count). The van der Waals surface area contributed by atoms with Crippen LogP contribution in [0.1, 0.15) is 27.0 Å². The van der Waals surface area contributed by atoms with Gasteiger partial charge in [0.2, 0.25) is 19.8 Å². The summed E-state index contributed by atoms with van der Waals surface area (Å²) >= 11 is 0. The fourth-order valence-electron chi connectivity index (χ4n) is 5.36. The molecule has 2 fully saturated rings. The van der Waals surface area contributed by atoms with Crippen LogP contribution in [0.15, 0.2) is 42.5 Å². The van der Waals surface area contributed by atoms with Crippen LogP contribution in [0.4, 0.5) is 0 Å². The molecule has 184 valence electrons. The van der Waals surface area contributed by atoms with Crippen molar-refractivity contribution in [2.45, 2.75) is 37.4 Å². The summed E-state index contributed by atoms with van der Waals surface area (Å²) in [6.07, 6.45) is 0. The van der Waals surface area contributed by atoms with E-state index in [2.05, 4.69) is 29.2 Å². The molecule has 3 amide bonds. The lowest BCUT2D eigenvalue weighted by Crippen LogP contribution is -2.58. The van der Waals surface area contributed by atoms with Crippen LogP contribution in [0.5, 0.6) is 5.75 Å². The van der Waals surface area contributed by atoms with Gasteiger partial charge in [-0.2, -0.15) is 0 Å². The summed E-state index contributed by atoms with van der Waals surface area (Å²) in [7, 11) is 5.18. The van der Waals surface area contributed by atoms with E-state index in [0.29, 0.717) is 24.5 Å². The first-order valence-electron chi connectivity index (χ1n) is 12.6. The Morgan fingerprint density at radius 1 is 0.944 bits per heavy atom. The number of hydrogen-bond donors (Lipinski definition) is 0. The van der Waals surface area contributed by atoms with Crippen LogP contribution in [0, 0.1) is 0 Å². The summed E-state index contributed by atoms with van der Waals surface area (Å²) in [6.45, 7) is 5.07. The van der Waals surface area contributed by atoms with Gasteiger partial charge in [-0.25, -0.2) is 0 Å². The lowest BCUT2D eigenvalue weighted by atomic mass is 9.59. The van der Waals surface area contributed by atoms with Crippen LogP contribution in [0.3, 0.4) is 0 Å². The quantitative estimate of drug-likeness (QED) is 0.394. The van der Waals surface area contributed by atoms with Crippen molar-refractivity contribution in [1.29, 1.82) is 0 Å². The number of carbonyl (C=O) groups is 3. The van der Waals surface area contributed by atoms with E-state index in [4.69, 9.17) is 9.47 Å².